The maximum atomic E-state index is 13.1. The Bertz CT molecular complexity index is 1090. The summed E-state index contributed by atoms with van der Waals surface area (Å²) in [5.41, 5.74) is -4.35. The minimum atomic E-state index is -4.81. The molecule has 0 saturated heterocycles. The zero-order valence-corrected chi connectivity index (χ0v) is 15.9. The number of aliphatic hydroxyl groups is 1. The molecule has 2 atom stereocenters. The molecule has 2 unspecified atom stereocenters. The summed E-state index contributed by atoms with van der Waals surface area (Å²) in [5, 5.41) is 22.0. The number of nitrogens with zero attached hydrogens (tertiary/aromatic N) is 1. The lowest BCUT2D eigenvalue weighted by atomic mass is 10.1. The Morgan fingerprint density at radius 2 is 2.03 bits per heavy atom. The first kappa shape index (κ1) is 22.4. The Balaban J connectivity index is 2.23. The van der Waals surface area contributed by atoms with Crippen molar-refractivity contribution in [2.75, 3.05) is 11.1 Å². The molecular weight excluding hydrogens is 412 g/mol. The number of carbonyl (C=O) groups excluding carboxylic acids is 1. The number of allylic oxidation sites excluding steroid dienone is 4. The lowest BCUT2D eigenvalue weighted by Gasteiger charge is -2.35. The Hall–Kier alpha value is -2.90. The monoisotopic (exact) mass is 428 g/mol. The summed E-state index contributed by atoms with van der Waals surface area (Å²) in [4.78, 5) is 12.3. The fourth-order valence-corrected chi connectivity index (χ4v) is 4.59. The maximum absolute atomic E-state index is 13.1. The molecular formula is C19H16F4N2O3S. The van der Waals surface area contributed by atoms with Crippen LogP contribution in [0.2, 0.25) is 0 Å². The van der Waals surface area contributed by atoms with Crippen molar-refractivity contribution in [1.29, 1.82) is 5.26 Å². The average Bonchev–Trinajstić information content (AvgIpc) is 2.63. The van der Waals surface area contributed by atoms with E-state index in [1.54, 1.807) is 0 Å². The van der Waals surface area contributed by atoms with Gasteiger partial charge >= 0.3 is 6.18 Å². The molecule has 29 heavy (non-hydrogen) atoms. The predicted octanol–water partition coefficient (Wildman–Crippen LogP) is 3.29. The predicted molar refractivity (Wildman–Crippen MR) is 102 cm³/mol. The van der Waals surface area contributed by atoms with Gasteiger partial charge in [-0.2, -0.15) is 18.4 Å². The minimum Gasteiger partial charge on any atom is -0.375 e. The van der Waals surface area contributed by atoms with E-state index in [9.17, 15) is 31.7 Å². The van der Waals surface area contributed by atoms with Crippen LogP contribution in [0.1, 0.15) is 18.1 Å². The molecule has 2 rings (SSSR count). The molecule has 1 amide bonds. The molecule has 1 aliphatic heterocycles. The molecule has 1 aromatic carbocycles. The van der Waals surface area contributed by atoms with E-state index < -0.39 is 49.9 Å². The number of nitrogens with one attached hydrogen (secondary N) is 1. The van der Waals surface area contributed by atoms with Gasteiger partial charge in [0.15, 0.2) is 5.60 Å². The van der Waals surface area contributed by atoms with Gasteiger partial charge in [-0.05, 0) is 37.3 Å². The van der Waals surface area contributed by atoms with Crippen LogP contribution in [0, 0.1) is 11.3 Å². The van der Waals surface area contributed by atoms with Crippen LogP contribution in [0.5, 0.6) is 0 Å². The van der Waals surface area contributed by atoms with E-state index >= 15 is 0 Å². The number of hydrogen-bond donors (Lipinski definition) is 2. The van der Waals surface area contributed by atoms with E-state index in [1.165, 1.54) is 13.0 Å². The number of amides is 1. The van der Waals surface area contributed by atoms with Gasteiger partial charge in [-0.25, -0.2) is 4.39 Å². The Morgan fingerprint density at radius 3 is 2.55 bits per heavy atom. The van der Waals surface area contributed by atoms with Gasteiger partial charge in [-0.15, -0.1) is 0 Å². The van der Waals surface area contributed by atoms with E-state index in [4.69, 9.17) is 5.26 Å². The molecule has 154 valence electrons. The van der Waals surface area contributed by atoms with Gasteiger partial charge in [0.25, 0.3) is 5.91 Å². The van der Waals surface area contributed by atoms with Crippen LogP contribution in [-0.2, 0) is 20.5 Å². The van der Waals surface area contributed by atoms with Crippen molar-refractivity contribution >= 4 is 26.5 Å². The van der Waals surface area contributed by atoms with Gasteiger partial charge in [-0.1, -0.05) is 12.7 Å². The van der Waals surface area contributed by atoms with Crippen LogP contribution in [0.25, 0.3) is 0 Å². The van der Waals surface area contributed by atoms with Crippen LogP contribution < -0.4 is 5.32 Å². The summed E-state index contributed by atoms with van der Waals surface area (Å²) in [5.74, 6) is -2.23. The number of alkyl halides is 3. The summed E-state index contributed by atoms with van der Waals surface area (Å²) < 4.78 is 64.7. The third-order valence-corrected chi connectivity index (χ3v) is 6.73. The Kier molecular flexibility index (Phi) is 6.06. The van der Waals surface area contributed by atoms with E-state index in [0.717, 1.165) is 35.7 Å². The van der Waals surface area contributed by atoms with E-state index in [1.807, 2.05) is 0 Å². The summed E-state index contributed by atoms with van der Waals surface area (Å²) in [6, 6.07) is 3.94. The summed E-state index contributed by atoms with van der Waals surface area (Å²) in [7, 11) is -2.99. The standard InChI is InChI=1S/C19H16F4N2O3S/c1-3-14(20)6-4-12(2)29(28)10-18(27,11-29)17(26)25-15-7-5-13(9-24)16(8-15)19(21,22)23/h3-8,10,27H,2,11H2,1H3,(H,25,26)/b6-4-,14-3+. The number of nitriles is 1. The number of rotatable bonds is 5. The van der Waals surface area contributed by atoms with Crippen molar-refractivity contribution in [3.63, 3.8) is 0 Å². The second-order valence-corrected chi connectivity index (χ2v) is 8.71. The van der Waals surface area contributed by atoms with E-state index in [0.29, 0.717) is 6.07 Å². The topological polar surface area (TPSA) is 90.2 Å². The molecule has 0 saturated carbocycles. The fraction of sp³-hybridized carbons (Fsp3) is 0.211. The minimum absolute atomic E-state index is 0.00953. The van der Waals surface area contributed by atoms with Crippen LogP contribution in [0.15, 0.2) is 53.7 Å². The van der Waals surface area contributed by atoms with Crippen molar-refractivity contribution in [3.05, 3.63) is 64.9 Å². The lowest BCUT2D eigenvalue weighted by Crippen LogP contribution is -2.58. The number of halogens is 4. The molecule has 0 radical (unpaired) electrons. The van der Waals surface area contributed by atoms with Crippen LogP contribution >= 0.6 is 0 Å². The fourth-order valence-electron chi connectivity index (χ4n) is 2.48. The molecule has 0 bridgehead atoms. The van der Waals surface area contributed by atoms with Gasteiger partial charge in [0.1, 0.15) is 5.83 Å². The van der Waals surface area contributed by atoms with Gasteiger partial charge in [-0.3, -0.25) is 9.00 Å². The summed E-state index contributed by atoms with van der Waals surface area (Å²) in [6.07, 6.45) is -1.47. The third kappa shape index (κ3) is 4.75. The van der Waals surface area contributed by atoms with Crippen LogP contribution in [0.4, 0.5) is 23.2 Å². The molecule has 5 nitrogen and oxygen atoms in total. The molecule has 0 fully saturated rings. The van der Waals surface area contributed by atoms with Crippen LogP contribution in [0.3, 0.4) is 0 Å². The first-order valence-electron chi connectivity index (χ1n) is 8.06. The van der Waals surface area contributed by atoms with Crippen molar-refractivity contribution in [2.24, 2.45) is 0 Å². The summed E-state index contributed by atoms with van der Waals surface area (Å²) in [6.45, 7) is 4.99. The molecule has 10 heteroatoms. The molecule has 0 aromatic heterocycles. The van der Waals surface area contributed by atoms with Crippen molar-refractivity contribution < 1.29 is 31.7 Å². The van der Waals surface area contributed by atoms with Gasteiger partial charge in [0, 0.05) is 25.5 Å². The number of hydrogen-bond acceptors (Lipinski definition) is 4. The molecule has 1 aliphatic rings. The molecule has 2 N–H and O–H groups in total. The first-order valence-corrected chi connectivity index (χ1v) is 9.85. The second-order valence-electron chi connectivity index (χ2n) is 6.21. The van der Waals surface area contributed by atoms with E-state index in [-0.39, 0.29) is 10.6 Å². The highest BCUT2D eigenvalue weighted by atomic mass is 32.2. The van der Waals surface area contributed by atoms with Crippen molar-refractivity contribution in [3.8, 4) is 6.07 Å². The van der Waals surface area contributed by atoms with Crippen LogP contribution in [-0.4, -0.2) is 31.9 Å². The largest absolute Gasteiger partial charge is 0.417 e. The molecule has 1 aromatic rings. The molecule has 0 spiro atoms. The van der Waals surface area contributed by atoms with Gasteiger partial charge < -0.3 is 10.4 Å². The Labute approximate surface area is 164 Å². The summed E-state index contributed by atoms with van der Waals surface area (Å²) >= 11 is 0. The zero-order valence-electron chi connectivity index (χ0n) is 15.1. The Morgan fingerprint density at radius 1 is 1.41 bits per heavy atom. The number of carbonyl (C=O) groups is 1. The maximum Gasteiger partial charge on any atom is 0.417 e. The number of benzene rings is 1. The number of anilines is 1. The van der Waals surface area contributed by atoms with Crippen molar-refractivity contribution in [2.45, 2.75) is 18.7 Å². The normalized spacial score (nSPS) is 24.4. The molecule has 1 heterocycles. The highest BCUT2D eigenvalue weighted by molar-refractivity contribution is 8.06. The highest BCUT2D eigenvalue weighted by Gasteiger charge is 2.47. The highest BCUT2D eigenvalue weighted by Crippen LogP contribution is 2.34. The smallest absolute Gasteiger partial charge is 0.375 e. The zero-order chi connectivity index (χ0) is 22.0. The SMILES string of the molecule is C=C(/C=C\C(F)=C/C)S1(=O)=CC(O)(C(=O)Nc2ccc(C#N)c(C(F)(F)F)c2)C1. The van der Waals surface area contributed by atoms with E-state index in [2.05, 4.69) is 11.9 Å². The average molecular weight is 428 g/mol. The third-order valence-electron chi connectivity index (χ3n) is 4.06. The molecule has 0 aliphatic carbocycles. The van der Waals surface area contributed by atoms with Gasteiger partial charge in [0.2, 0.25) is 0 Å². The first-order chi connectivity index (χ1) is 13.3. The van der Waals surface area contributed by atoms with Crippen molar-refractivity contribution in [1.82, 2.24) is 0 Å². The second kappa shape index (κ2) is 7.85. The lowest BCUT2D eigenvalue weighted by molar-refractivity contribution is -0.137. The van der Waals surface area contributed by atoms with Gasteiger partial charge in [0.05, 0.1) is 22.9 Å². The quantitative estimate of drug-likeness (QED) is 0.428.